The molecule has 0 amide bonds. The highest BCUT2D eigenvalue weighted by molar-refractivity contribution is 6.31. The van der Waals surface area contributed by atoms with Gasteiger partial charge in [0.05, 0.1) is 0 Å². The van der Waals surface area contributed by atoms with Crippen molar-refractivity contribution < 1.29 is 0 Å². The molecule has 0 aromatic heterocycles. The van der Waals surface area contributed by atoms with Gasteiger partial charge in [-0.15, -0.1) is 0 Å². The first-order valence-corrected chi connectivity index (χ1v) is 7.60. The number of hydrogen-bond donors (Lipinski definition) is 1. The Bertz CT molecular complexity index is 383. The molecule has 1 atom stereocenters. The highest BCUT2D eigenvalue weighted by Crippen LogP contribution is 2.36. The van der Waals surface area contributed by atoms with Crippen molar-refractivity contribution in [3.8, 4) is 0 Å². The van der Waals surface area contributed by atoms with E-state index < -0.39 is 0 Å². The number of benzene rings is 1. The van der Waals surface area contributed by atoms with E-state index in [-0.39, 0.29) is 0 Å². The molecule has 0 aliphatic heterocycles. The Hall–Kier alpha value is -0.530. The quantitative estimate of drug-likeness (QED) is 0.818. The fourth-order valence-electron chi connectivity index (χ4n) is 3.18. The van der Waals surface area contributed by atoms with E-state index in [2.05, 4.69) is 31.3 Å². The molecule has 1 unspecified atom stereocenters. The summed E-state index contributed by atoms with van der Waals surface area (Å²) in [5.74, 6) is 0.774. The minimum Gasteiger partial charge on any atom is -0.310 e. The average molecular weight is 266 g/mol. The van der Waals surface area contributed by atoms with Gasteiger partial charge in [-0.1, -0.05) is 49.9 Å². The van der Waals surface area contributed by atoms with Crippen molar-refractivity contribution in [2.75, 3.05) is 6.54 Å². The first-order chi connectivity index (χ1) is 8.74. The van der Waals surface area contributed by atoms with Crippen LogP contribution in [0.2, 0.25) is 5.02 Å². The van der Waals surface area contributed by atoms with Gasteiger partial charge in [-0.2, -0.15) is 0 Å². The molecule has 1 aromatic carbocycles. The van der Waals surface area contributed by atoms with Crippen LogP contribution in [0, 0.1) is 12.8 Å². The highest BCUT2D eigenvalue weighted by Gasteiger charge is 2.25. The van der Waals surface area contributed by atoms with E-state index in [0.29, 0.717) is 6.04 Å². The molecule has 1 saturated carbocycles. The van der Waals surface area contributed by atoms with Crippen LogP contribution in [-0.4, -0.2) is 6.54 Å². The summed E-state index contributed by atoms with van der Waals surface area (Å²) < 4.78 is 0. The van der Waals surface area contributed by atoms with Gasteiger partial charge in [0.25, 0.3) is 0 Å². The molecule has 0 saturated heterocycles. The lowest BCUT2D eigenvalue weighted by molar-refractivity contribution is 0.274. The number of rotatable bonds is 4. The van der Waals surface area contributed by atoms with Crippen LogP contribution in [0.4, 0.5) is 0 Å². The fraction of sp³-hybridized carbons (Fsp3) is 0.625. The molecule has 100 valence electrons. The summed E-state index contributed by atoms with van der Waals surface area (Å²) in [6, 6.07) is 6.79. The molecule has 1 aromatic rings. The van der Waals surface area contributed by atoms with E-state index in [1.165, 1.54) is 43.2 Å². The predicted octanol–water partition coefficient (Wildman–Crippen LogP) is 4.88. The van der Waals surface area contributed by atoms with Gasteiger partial charge in [-0.25, -0.2) is 0 Å². The third-order valence-corrected chi connectivity index (χ3v) is 4.60. The summed E-state index contributed by atoms with van der Waals surface area (Å²) in [5.41, 5.74) is 2.65. The van der Waals surface area contributed by atoms with Crippen molar-refractivity contribution in [1.82, 2.24) is 5.32 Å². The lowest BCUT2D eigenvalue weighted by atomic mass is 9.80. The van der Waals surface area contributed by atoms with Crippen LogP contribution in [0.5, 0.6) is 0 Å². The zero-order chi connectivity index (χ0) is 13.0. The van der Waals surface area contributed by atoms with E-state index in [9.17, 15) is 0 Å². The molecule has 18 heavy (non-hydrogen) atoms. The van der Waals surface area contributed by atoms with Gasteiger partial charge in [0.2, 0.25) is 0 Å². The van der Waals surface area contributed by atoms with Crippen molar-refractivity contribution in [3.05, 3.63) is 34.3 Å². The van der Waals surface area contributed by atoms with Gasteiger partial charge in [0.15, 0.2) is 0 Å². The van der Waals surface area contributed by atoms with Crippen LogP contribution in [0.25, 0.3) is 0 Å². The maximum atomic E-state index is 6.27. The molecule has 1 N–H and O–H groups in total. The van der Waals surface area contributed by atoms with Gasteiger partial charge < -0.3 is 5.32 Å². The molecule has 1 nitrogen and oxygen atoms in total. The third kappa shape index (κ3) is 3.07. The first-order valence-electron chi connectivity index (χ1n) is 7.22. The Morgan fingerprint density at radius 1 is 1.28 bits per heavy atom. The van der Waals surface area contributed by atoms with Crippen LogP contribution in [0.3, 0.4) is 0 Å². The molecule has 0 heterocycles. The molecule has 1 aliphatic rings. The average Bonchev–Trinajstić information content (AvgIpc) is 2.41. The Labute approximate surface area is 116 Å². The zero-order valence-corrected chi connectivity index (χ0v) is 12.3. The molecular weight excluding hydrogens is 242 g/mol. The van der Waals surface area contributed by atoms with Crippen molar-refractivity contribution in [1.29, 1.82) is 0 Å². The summed E-state index contributed by atoms with van der Waals surface area (Å²) in [6.45, 7) is 5.35. The van der Waals surface area contributed by atoms with Crippen LogP contribution in [0.1, 0.15) is 56.2 Å². The van der Waals surface area contributed by atoms with E-state index in [4.69, 9.17) is 11.6 Å². The minimum absolute atomic E-state index is 0.481. The predicted molar refractivity (Wildman–Crippen MR) is 79.2 cm³/mol. The van der Waals surface area contributed by atoms with Crippen molar-refractivity contribution in [2.45, 2.75) is 52.0 Å². The summed E-state index contributed by atoms with van der Waals surface area (Å²) in [6.07, 6.45) is 6.87. The van der Waals surface area contributed by atoms with E-state index >= 15 is 0 Å². The van der Waals surface area contributed by atoms with Crippen molar-refractivity contribution in [2.24, 2.45) is 5.92 Å². The maximum absolute atomic E-state index is 6.27. The Morgan fingerprint density at radius 3 is 2.67 bits per heavy atom. The minimum atomic E-state index is 0.481. The molecule has 1 fully saturated rings. The fourth-order valence-corrected chi connectivity index (χ4v) is 3.36. The SMILES string of the molecule is CCNC(c1cccc(Cl)c1C)C1CCCCC1. The summed E-state index contributed by atoms with van der Waals surface area (Å²) in [4.78, 5) is 0. The standard InChI is InChI=1S/C16H24ClN/c1-3-18-16(13-8-5-4-6-9-13)14-10-7-11-15(17)12(14)2/h7,10-11,13,16,18H,3-6,8-9H2,1-2H3. The highest BCUT2D eigenvalue weighted by atomic mass is 35.5. The van der Waals surface area contributed by atoms with Crippen molar-refractivity contribution >= 4 is 11.6 Å². The second-order valence-electron chi connectivity index (χ2n) is 5.39. The van der Waals surface area contributed by atoms with Crippen LogP contribution < -0.4 is 5.32 Å². The Morgan fingerprint density at radius 2 is 2.00 bits per heavy atom. The van der Waals surface area contributed by atoms with Gasteiger partial charge >= 0.3 is 0 Å². The summed E-state index contributed by atoms with van der Waals surface area (Å²) in [5, 5.41) is 4.57. The van der Waals surface area contributed by atoms with Crippen LogP contribution >= 0.6 is 11.6 Å². The Kier molecular flexibility index (Phi) is 5.08. The van der Waals surface area contributed by atoms with Crippen LogP contribution in [0.15, 0.2) is 18.2 Å². The van der Waals surface area contributed by atoms with Crippen molar-refractivity contribution in [3.63, 3.8) is 0 Å². The molecule has 0 spiro atoms. The van der Waals surface area contributed by atoms with Gasteiger partial charge in [-0.05, 0) is 49.4 Å². The third-order valence-electron chi connectivity index (χ3n) is 4.19. The zero-order valence-electron chi connectivity index (χ0n) is 11.5. The molecule has 0 radical (unpaired) electrons. The normalized spacial score (nSPS) is 18.8. The van der Waals surface area contributed by atoms with Gasteiger partial charge in [0.1, 0.15) is 0 Å². The number of hydrogen-bond acceptors (Lipinski definition) is 1. The molecule has 0 bridgehead atoms. The second-order valence-corrected chi connectivity index (χ2v) is 5.79. The molecule has 1 aliphatic carbocycles. The largest absolute Gasteiger partial charge is 0.310 e. The smallest absolute Gasteiger partial charge is 0.0438 e. The number of nitrogens with one attached hydrogen (secondary N) is 1. The monoisotopic (exact) mass is 265 g/mol. The molecular formula is C16H24ClN. The topological polar surface area (TPSA) is 12.0 Å². The van der Waals surface area contributed by atoms with E-state index in [1.807, 2.05) is 6.07 Å². The summed E-state index contributed by atoms with van der Waals surface area (Å²) in [7, 11) is 0. The van der Waals surface area contributed by atoms with E-state index in [1.54, 1.807) is 0 Å². The lowest BCUT2D eigenvalue weighted by Crippen LogP contribution is -2.30. The van der Waals surface area contributed by atoms with Crippen LogP contribution in [-0.2, 0) is 0 Å². The first kappa shape index (κ1) is 13.9. The van der Waals surface area contributed by atoms with Gasteiger partial charge in [0, 0.05) is 11.1 Å². The molecule has 2 heteroatoms. The van der Waals surface area contributed by atoms with Gasteiger partial charge in [-0.3, -0.25) is 0 Å². The Balaban J connectivity index is 2.25. The molecule has 2 rings (SSSR count). The van der Waals surface area contributed by atoms with E-state index in [0.717, 1.165) is 17.5 Å². The maximum Gasteiger partial charge on any atom is 0.0438 e. The second kappa shape index (κ2) is 6.58. The summed E-state index contributed by atoms with van der Waals surface area (Å²) >= 11 is 6.27. The number of halogens is 1. The lowest BCUT2D eigenvalue weighted by Gasteiger charge is -2.32.